The van der Waals surface area contributed by atoms with Crippen LogP contribution in [0.3, 0.4) is 0 Å². The lowest BCUT2D eigenvalue weighted by atomic mass is 10.1. The SMILES string of the molecule is Cc1cc(C)cc(-n2c(C)cc(/C=N\NC(=O)[C@@H](C)Sc3ccccc3)c2C)c1. The first kappa shape index (κ1) is 20.9. The van der Waals surface area contributed by atoms with Crippen LogP contribution in [-0.2, 0) is 4.79 Å². The van der Waals surface area contributed by atoms with Gasteiger partial charge in [0, 0.05) is 27.5 Å². The Bertz CT molecular complexity index is 1020. The smallest absolute Gasteiger partial charge is 0.253 e. The molecule has 0 saturated heterocycles. The number of nitrogens with one attached hydrogen (secondary N) is 1. The van der Waals surface area contributed by atoms with E-state index >= 15 is 0 Å². The molecule has 1 heterocycles. The molecule has 1 N–H and O–H groups in total. The summed E-state index contributed by atoms with van der Waals surface area (Å²) in [5, 5.41) is 3.97. The zero-order valence-electron chi connectivity index (χ0n) is 17.6. The van der Waals surface area contributed by atoms with Crippen LogP contribution in [0.15, 0.2) is 64.6 Å². The average molecular weight is 406 g/mol. The summed E-state index contributed by atoms with van der Waals surface area (Å²) in [4.78, 5) is 13.4. The number of carbonyl (C=O) groups is 1. The Hall–Kier alpha value is -2.79. The predicted octanol–water partition coefficient (Wildman–Crippen LogP) is 5.34. The van der Waals surface area contributed by atoms with E-state index in [0.717, 1.165) is 27.5 Å². The Morgan fingerprint density at radius 3 is 2.34 bits per heavy atom. The van der Waals surface area contributed by atoms with Crippen LogP contribution in [0, 0.1) is 27.7 Å². The summed E-state index contributed by atoms with van der Waals surface area (Å²) in [6.45, 7) is 10.3. The Labute approximate surface area is 177 Å². The number of rotatable bonds is 6. The van der Waals surface area contributed by atoms with Crippen LogP contribution < -0.4 is 5.43 Å². The van der Waals surface area contributed by atoms with Crippen LogP contribution >= 0.6 is 11.8 Å². The molecule has 0 radical (unpaired) electrons. The van der Waals surface area contributed by atoms with Crippen LogP contribution in [0.4, 0.5) is 0 Å². The molecule has 1 atom stereocenters. The number of benzene rings is 2. The summed E-state index contributed by atoms with van der Waals surface area (Å²) in [5.74, 6) is -0.113. The third kappa shape index (κ3) is 5.18. The quantitative estimate of drug-likeness (QED) is 0.342. The summed E-state index contributed by atoms with van der Waals surface area (Å²) in [7, 11) is 0. The lowest BCUT2D eigenvalue weighted by molar-refractivity contribution is -0.120. The van der Waals surface area contributed by atoms with Crippen molar-refractivity contribution in [3.05, 3.63) is 82.7 Å². The van der Waals surface area contributed by atoms with Crippen molar-refractivity contribution in [1.82, 2.24) is 9.99 Å². The van der Waals surface area contributed by atoms with Crippen molar-refractivity contribution < 1.29 is 4.79 Å². The van der Waals surface area contributed by atoms with Crippen molar-refractivity contribution >= 4 is 23.9 Å². The maximum atomic E-state index is 12.3. The zero-order chi connectivity index (χ0) is 21.0. The second kappa shape index (κ2) is 9.14. The molecule has 4 nitrogen and oxygen atoms in total. The van der Waals surface area contributed by atoms with Crippen molar-refractivity contribution in [3.8, 4) is 5.69 Å². The molecule has 0 aliphatic rings. The minimum Gasteiger partial charge on any atom is -0.318 e. The van der Waals surface area contributed by atoms with E-state index in [1.54, 1.807) is 6.21 Å². The van der Waals surface area contributed by atoms with Crippen LogP contribution in [0.2, 0.25) is 0 Å². The van der Waals surface area contributed by atoms with E-state index in [-0.39, 0.29) is 11.2 Å². The van der Waals surface area contributed by atoms with Gasteiger partial charge in [0.15, 0.2) is 0 Å². The van der Waals surface area contributed by atoms with Crippen LogP contribution in [0.25, 0.3) is 5.69 Å². The predicted molar refractivity (Wildman–Crippen MR) is 122 cm³/mol. The maximum Gasteiger partial charge on any atom is 0.253 e. The number of carbonyl (C=O) groups excluding carboxylic acids is 1. The Balaban J connectivity index is 1.70. The van der Waals surface area contributed by atoms with Crippen LogP contribution in [0.1, 0.15) is 35.0 Å². The largest absolute Gasteiger partial charge is 0.318 e. The summed E-state index contributed by atoms with van der Waals surface area (Å²) >= 11 is 1.52. The van der Waals surface area contributed by atoms with Gasteiger partial charge in [-0.15, -0.1) is 11.8 Å². The van der Waals surface area contributed by atoms with Crippen molar-refractivity contribution in [2.45, 2.75) is 44.8 Å². The van der Waals surface area contributed by atoms with Crippen molar-refractivity contribution in [3.63, 3.8) is 0 Å². The third-order valence-electron chi connectivity index (χ3n) is 4.74. The summed E-state index contributed by atoms with van der Waals surface area (Å²) in [5.41, 5.74) is 9.50. The fourth-order valence-electron chi connectivity index (χ4n) is 3.41. The third-order valence-corrected chi connectivity index (χ3v) is 5.85. The minimum absolute atomic E-state index is 0.113. The Morgan fingerprint density at radius 2 is 1.69 bits per heavy atom. The first-order chi connectivity index (χ1) is 13.8. The molecule has 5 heteroatoms. The molecule has 1 aromatic heterocycles. The molecule has 29 heavy (non-hydrogen) atoms. The van der Waals surface area contributed by atoms with Gasteiger partial charge in [-0.1, -0.05) is 24.3 Å². The van der Waals surface area contributed by atoms with E-state index in [1.165, 1.54) is 22.9 Å². The van der Waals surface area contributed by atoms with Crippen LogP contribution in [0.5, 0.6) is 0 Å². The second-order valence-electron chi connectivity index (χ2n) is 7.32. The Morgan fingerprint density at radius 1 is 1.03 bits per heavy atom. The Kier molecular flexibility index (Phi) is 6.60. The van der Waals surface area contributed by atoms with E-state index in [2.05, 4.69) is 67.1 Å². The number of hydrazone groups is 1. The first-order valence-electron chi connectivity index (χ1n) is 9.67. The summed E-state index contributed by atoms with van der Waals surface area (Å²) < 4.78 is 2.22. The lowest BCUT2D eigenvalue weighted by Gasteiger charge is -2.12. The van der Waals surface area contributed by atoms with Gasteiger partial charge >= 0.3 is 0 Å². The van der Waals surface area contributed by atoms with Gasteiger partial charge in [0.05, 0.1) is 11.5 Å². The van der Waals surface area contributed by atoms with Crippen molar-refractivity contribution in [1.29, 1.82) is 0 Å². The van der Waals surface area contributed by atoms with Gasteiger partial charge in [-0.05, 0) is 76.1 Å². The molecule has 2 aromatic carbocycles. The number of amides is 1. The van der Waals surface area contributed by atoms with E-state index in [0.29, 0.717) is 0 Å². The van der Waals surface area contributed by atoms with E-state index < -0.39 is 0 Å². The highest BCUT2D eigenvalue weighted by Gasteiger charge is 2.14. The number of aromatic nitrogens is 1. The molecule has 1 amide bonds. The number of nitrogens with zero attached hydrogens (tertiary/aromatic N) is 2. The molecule has 0 aliphatic carbocycles. The van der Waals surface area contributed by atoms with E-state index in [4.69, 9.17) is 0 Å². The van der Waals surface area contributed by atoms with Gasteiger partial charge in [-0.3, -0.25) is 4.79 Å². The highest BCUT2D eigenvalue weighted by molar-refractivity contribution is 8.00. The number of aryl methyl sites for hydroxylation is 3. The highest BCUT2D eigenvalue weighted by atomic mass is 32.2. The molecule has 0 spiro atoms. The van der Waals surface area contributed by atoms with Gasteiger partial charge in [0.1, 0.15) is 0 Å². The van der Waals surface area contributed by atoms with E-state index in [1.807, 2.05) is 37.3 Å². The van der Waals surface area contributed by atoms with Gasteiger partial charge < -0.3 is 4.57 Å². The fraction of sp³-hybridized carbons (Fsp3) is 0.250. The van der Waals surface area contributed by atoms with Crippen LogP contribution in [-0.4, -0.2) is 21.9 Å². The first-order valence-corrected chi connectivity index (χ1v) is 10.6. The monoisotopic (exact) mass is 405 g/mol. The fourth-order valence-corrected chi connectivity index (χ4v) is 4.29. The molecule has 3 rings (SSSR count). The maximum absolute atomic E-state index is 12.3. The van der Waals surface area contributed by atoms with Crippen molar-refractivity contribution in [2.75, 3.05) is 0 Å². The lowest BCUT2D eigenvalue weighted by Crippen LogP contribution is -2.26. The van der Waals surface area contributed by atoms with Crippen molar-refractivity contribution in [2.24, 2.45) is 5.10 Å². The highest BCUT2D eigenvalue weighted by Crippen LogP contribution is 2.23. The number of thioether (sulfide) groups is 1. The standard InChI is InChI=1S/C24H27N3OS/c1-16-11-17(2)13-22(12-16)27-18(3)14-21(19(27)4)15-25-26-24(28)20(5)29-23-9-7-6-8-10-23/h6-15,20H,1-5H3,(H,26,28)/b25-15-/t20-/m1/s1. The molecule has 0 unspecified atom stereocenters. The topological polar surface area (TPSA) is 46.4 Å². The normalized spacial score (nSPS) is 12.3. The molecular formula is C24H27N3OS. The average Bonchev–Trinajstić information content (AvgIpc) is 2.95. The molecule has 3 aromatic rings. The minimum atomic E-state index is -0.225. The molecular weight excluding hydrogens is 378 g/mol. The molecule has 0 fully saturated rings. The molecule has 0 aliphatic heterocycles. The van der Waals surface area contributed by atoms with E-state index in [9.17, 15) is 4.79 Å². The molecule has 0 bridgehead atoms. The number of hydrogen-bond donors (Lipinski definition) is 1. The van der Waals surface area contributed by atoms with Gasteiger partial charge in [-0.2, -0.15) is 5.10 Å². The molecule has 150 valence electrons. The van der Waals surface area contributed by atoms with Gasteiger partial charge in [0.25, 0.3) is 5.91 Å². The van der Waals surface area contributed by atoms with Gasteiger partial charge in [-0.25, -0.2) is 5.43 Å². The summed E-state index contributed by atoms with van der Waals surface area (Å²) in [6.07, 6.45) is 1.72. The van der Waals surface area contributed by atoms with Gasteiger partial charge in [0.2, 0.25) is 0 Å². The zero-order valence-corrected chi connectivity index (χ0v) is 18.4. The number of hydrogen-bond acceptors (Lipinski definition) is 3. The summed E-state index contributed by atoms with van der Waals surface area (Å²) in [6, 6.07) is 18.5. The second-order valence-corrected chi connectivity index (χ2v) is 8.73. The molecule has 0 saturated carbocycles.